The molecular weight excluding hydrogens is 340 g/mol. The van der Waals surface area contributed by atoms with Crippen molar-refractivity contribution in [1.82, 2.24) is 30.0 Å². The van der Waals surface area contributed by atoms with Gasteiger partial charge in [0.15, 0.2) is 0 Å². The monoisotopic (exact) mass is 356 g/mol. The van der Waals surface area contributed by atoms with Crippen molar-refractivity contribution >= 4 is 17.2 Å². The van der Waals surface area contributed by atoms with Crippen molar-refractivity contribution in [3.63, 3.8) is 0 Å². The molecule has 0 saturated carbocycles. The summed E-state index contributed by atoms with van der Waals surface area (Å²) in [5.41, 5.74) is 0.500. The van der Waals surface area contributed by atoms with E-state index in [2.05, 4.69) is 25.1 Å². The molecule has 0 aliphatic carbocycles. The second-order valence-electron chi connectivity index (χ2n) is 5.92. The maximum Gasteiger partial charge on any atom is 0.291 e. The van der Waals surface area contributed by atoms with E-state index in [0.717, 1.165) is 17.7 Å². The lowest BCUT2D eigenvalue weighted by Crippen LogP contribution is -2.40. The minimum atomic E-state index is -0.182. The summed E-state index contributed by atoms with van der Waals surface area (Å²) in [5.74, 6) is 0.674. The van der Waals surface area contributed by atoms with Gasteiger partial charge in [-0.3, -0.25) is 14.7 Å². The lowest BCUT2D eigenvalue weighted by atomic mass is 9.97. The SMILES string of the molecule is O=C(c1ncn[nH]1)N1CCCC(c2nc(-c3cccs3)cc(=O)[nH]2)C1. The van der Waals surface area contributed by atoms with E-state index in [1.807, 2.05) is 17.5 Å². The molecule has 4 rings (SSSR count). The van der Waals surface area contributed by atoms with Gasteiger partial charge in [-0.25, -0.2) is 9.97 Å². The summed E-state index contributed by atoms with van der Waals surface area (Å²) in [4.78, 5) is 38.6. The third-order valence-electron chi connectivity index (χ3n) is 4.25. The highest BCUT2D eigenvalue weighted by Gasteiger charge is 2.28. The molecule has 9 heteroatoms. The Labute approximate surface area is 147 Å². The van der Waals surface area contributed by atoms with Gasteiger partial charge in [-0.05, 0) is 24.3 Å². The first kappa shape index (κ1) is 15.7. The maximum atomic E-state index is 12.5. The van der Waals surface area contributed by atoms with Crippen LogP contribution in [0, 0.1) is 0 Å². The first-order chi connectivity index (χ1) is 12.2. The molecule has 1 fully saturated rings. The van der Waals surface area contributed by atoms with Gasteiger partial charge >= 0.3 is 0 Å². The number of carbonyl (C=O) groups is 1. The van der Waals surface area contributed by atoms with Crippen LogP contribution in [0.25, 0.3) is 10.6 Å². The van der Waals surface area contributed by atoms with Gasteiger partial charge in [0.1, 0.15) is 12.2 Å². The molecule has 4 heterocycles. The summed E-state index contributed by atoms with van der Waals surface area (Å²) in [6.07, 6.45) is 3.03. The third kappa shape index (κ3) is 3.22. The smallest absolute Gasteiger partial charge is 0.291 e. The molecule has 1 unspecified atom stereocenters. The number of likely N-dealkylation sites (tertiary alicyclic amines) is 1. The Kier molecular flexibility index (Phi) is 4.14. The van der Waals surface area contributed by atoms with Crippen molar-refractivity contribution in [2.45, 2.75) is 18.8 Å². The number of aromatic amines is 2. The van der Waals surface area contributed by atoms with E-state index in [4.69, 9.17) is 0 Å². The molecule has 8 nitrogen and oxygen atoms in total. The minimum absolute atomic E-state index is 0.00627. The Bertz CT molecular complexity index is 919. The van der Waals surface area contributed by atoms with Gasteiger partial charge in [-0.15, -0.1) is 11.3 Å². The molecule has 25 heavy (non-hydrogen) atoms. The number of rotatable bonds is 3. The number of hydrogen-bond donors (Lipinski definition) is 2. The fourth-order valence-corrected chi connectivity index (χ4v) is 3.75. The number of amides is 1. The second kappa shape index (κ2) is 6.60. The fraction of sp³-hybridized carbons (Fsp3) is 0.312. The molecular formula is C16H16N6O2S. The average Bonchev–Trinajstić information content (AvgIpc) is 3.34. The first-order valence-electron chi connectivity index (χ1n) is 8.00. The summed E-state index contributed by atoms with van der Waals surface area (Å²) in [6.45, 7) is 1.15. The van der Waals surface area contributed by atoms with Crippen molar-refractivity contribution in [3.05, 3.63) is 51.9 Å². The number of nitrogens with zero attached hydrogens (tertiary/aromatic N) is 4. The van der Waals surface area contributed by atoms with E-state index < -0.39 is 0 Å². The van der Waals surface area contributed by atoms with Crippen LogP contribution < -0.4 is 5.56 Å². The summed E-state index contributed by atoms with van der Waals surface area (Å²) in [7, 11) is 0. The zero-order valence-corrected chi connectivity index (χ0v) is 14.1. The van der Waals surface area contributed by atoms with Crippen LogP contribution >= 0.6 is 11.3 Å². The molecule has 3 aromatic rings. The zero-order chi connectivity index (χ0) is 17.2. The van der Waals surface area contributed by atoms with E-state index >= 15 is 0 Å². The molecule has 0 bridgehead atoms. The average molecular weight is 356 g/mol. The largest absolute Gasteiger partial charge is 0.335 e. The standard InChI is InChI=1S/C16H16N6O2S/c23-13-7-11(12-4-2-6-25-12)19-14(20-13)10-3-1-5-22(8-10)16(24)15-17-9-18-21-15/h2,4,6-7,9-10H,1,3,5,8H2,(H,17,18,21)(H,19,20,23). The Morgan fingerprint density at radius 2 is 2.32 bits per heavy atom. The predicted octanol–water partition coefficient (Wildman–Crippen LogP) is 1.64. The van der Waals surface area contributed by atoms with Gasteiger partial charge in [0.05, 0.1) is 10.6 Å². The number of hydrogen-bond acceptors (Lipinski definition) is 6. The summed E-state index contributed by atoms with van der Waals surface area (Å²) >= 11 is 1.54. The molecule has 1 atom stereocenters. The first-order valence-corrected chi connectivity index (χ1v) is 8.88. The second-order valence-corrected chi connectivity index (χ2v) is 6.87. The van der Waals surface area contributed by atoms with E-state index in [0.29, 0.717) is 24.6 Å². The van der Waals surface area contributed by atoms with Gasteiger partial charge in [-0.2, -0.15) is 5.10 Å². The van der Waals surface area contributed by atoms with E-state index in [1.54, 1.807) is 16.2 Å². The number of thiophene rings is 1. The molecule has 0 spiro atoms. The van der Waals surface area contributed by atoms with Crippen molar-refractivity contribution in [2.24, 2.45) is 0 Å². The highest BCUT2D eigenvalue weighted by atomic mass is 32.1. The topological polar surface area (TPSA) is 108 Å². The predicted molar refractivity (Wildman–Crippen MR) is 92.4 cm³/mol. The summed E-state index contributed by atoms with van der Waals surface area (Å²) < 4.78 is 0. The van der Waals surface area contributed by atoms with Crippen LogP contribution in [0.1, 0.15) is 35.2 Å². The fourth-order valence-electron chi connectivity index (χ4n) is 3.06. The van der Waals surface area contributed by atoms with Crippen LogP contribution in [0.5, 0.6) is 0 Å². The Hall–Kier alpha value is -2.81. The molecule has 1 saturated heterocycles. The highest BCUT2D eigenvalue weighted by molar-refractivity contribution is 7.13. The summed E-state index contributed by atoms with van der Waals surface area (Å²) in [6, 6.07) is 5.38. The van der Waals surface area contributed by atoms with Crippen LogP contribution in [-0.4, -0.2) is 49.0 Å². The third-order valence-corrected chi connectivity index (χ3v) is 5.14. The van der Waals surface area contributed by atoms with Gasteiger partial charge < -0.3 is 9.88 Å². The van der Waals surface area contributed by atoms with Gasteiger partial charge in [-0.1, -0.05) is 6.07 Å². The Morgan fingerprint density at radius 1 is 1.40 bits per heavy atom. The lowest BCUT2D eigenvalue weighted by molar-refractivity contribution is 0.0692. The number of aromatic nitrogens is 5. The normalized spacial score (nSPS) is 17.6. The van der Waals surface area contributed by atoms with Gasteiger partial charge in [0.2, 0.25) is 5.82 Å². The van der Waals surface area contributed by atoms with Crippen LogP contribution in [0.2, 0.25) is 0 Å². The van der Waals surface area contributed by atoms with Crippen LogP contribution in [0.15, 0.2) is 34.7 Å². The van der Waals surface area contributed by atoms with Crippen molar-refractivity contribution in [1.29, 1.82) is 0 Å². The molecule has 0 aromatic carbocycles. The highest BCUT2D eigenvalue weighted by Crippen LogP contribution is 2.27. The summed E-state index contributed by atoms with van der Waals surface area (Å²) in [5, 5.41) is 8.28. The molecule has 3 aromatic heterocycles. The quantitative estimate of drug-likeness (QED) is 0.742. The number of piperidine rings is 1. The Morgan fingerprint density at radius 3 is 3.08 bits per heavy atom. The molecule has 1 aliphatic rings. The van der Waals surface area contributed by atoms with E-state index in [9.17, 15) is 9.59 Å². The van der Waals surface area contributed by atoms with Gasteiger partial charge in [0, 0.05) is 25.1 Å². The van der Waals surface area contributed by atoms with Crippen LogP contribution in [0.4, 0.5) is 0 Å². The zero-order valence-electron chi connectivity index (χ0n) is 13.3. The van der Waals surface area contributed by atoms with Crippen molar-refractivity contribution in [3.8, 4) is 10.6 Å². The Balaban J connectivity index is 1.59. The van der Waals surface area contributed by atoms with E-state index in [1.165, 1.54) is 12.4 Å². The molecule has 1 aliphatic heterocycles. The number of carbonyl (C=O) groups excluding carboxylic acids is 1. The van der Waals surface area contributed by atoms with Crippen molar-refractivity contribution in [2.75, 3.05) is 13.1 Å². The van der Waals surface area contributed by atoms with Crippen molar-refractivity contribution < 1.29 is 4.79 Å². The molecule has 2 N–H and O–H groups in total. The maximum absolute atomic E-state index is 12.5. The lowest BCUT2D eigenvalue weighted by Gasteiger charge is -2.31. The molecule has 128 valence electrons. The van der Waals surface area contributed by atoms with E-state index in [-0.39, 0.29) is 23.2 Å². The minimum Gasteiger partial charge on any atom is -0.335 e. The number of nitrogens with one attached hydrogen (secondary N) is 2. The number of H-pyrrole nitrogens is 2. The molecule has 0 radical (unpaired) electrons. The van der Waals surface area contributed by atoms with Crippen LogP contribution in [0.3, 0.4) is 0 Å². The van der Waals surface area contributed by atoms with Gasteiger partial charge in [0.25, 0.3) is 11.5 Å². The van der Waals surface area contributed by atoms with Crippen LogP contribution in [-0.2, 0) is 0 Å². The molecule has 1 amide bonds.